The number of carbonyl (C=O) groups excluding carboxylic acids is 1. The summed E-state index contributed by atoms with van der Waals surface area (Å²) in [6.07, 6.45) is 0. The summed E-state index contributed by atoms with van der Waals surface area (Å²) in [5.41, 5.74) is 2.87. The molecule has 0 atom stereocenters. The van der Waals surface area contributed by atoms with E-state index in [0.717, 1.165) is 37.6 Å². The van der Waals surface area contributed by atoms with Gasteiger partial charge >= 0.3 is 5.91 Å². The van der Waals surface area contributed by atoms with Gasteiger partial charge in [-0.25, -0.2) is 5.84 Å². The van der Waals surface area contributed by atoms with Crippen molar-refractivity contribution in [3.8, 4) is 0 Å². The molecule has 1 aliphatic heterocycles. The van der Waals surface area contributed by atoms with Crippen molar-refractivity contribution < 1.29 is 13.9 Å². The Morgan fingerprint density at radius 3 is 2.88 bits per heavy atom. The number of hydrogen-bond acceptors (Lipinski definition) is 5. The van der Waals surface area contributed by atoms with E-state index in [1.807, 2.05) is 13.0 Å². The molecule has 1 aromatic heterocycles. The van der Waals surface area contributed by atoms with Gasteiger partial charge in [-0.05, 0) is 13.0 Å². The van der Waals surface area contributed by atoms with E-state index in [-0.39, 0.29) is 5.76 Å². The SMILES string of the molecule is Cc1cc(CN2CCOCC2)oc1C(=O)NN. The summed E-state index contributed by atoms with van der Waals surface area (Å²) in [5.74, 6) is 5.76. The van der Waals surface area contributed by atoms with Gasteiger partial charge in [0.2, 0.25) is 0 Å². The highest BCUT2D eigenvalue weighted by Gasteiger charge is 2.17. The summed E-state index contributed by atoms with van der Waals surface area (Å²) in [5, 5.41) is 0. The summed E-state index contributed by atoms with van der Waals surface area (Å²) < 4.78 is 10.8. The van der Waals surface area contributed by atoms with E-state index < -0.39 is 5.91 Å². The third-order valence-corrected chi connectivity index (χ3v) is 2.79. The molecule has 94 valence electrons. The van der Waals surface area contributed by atoms with Gasteiger partial charge in [0.25, 0.3) is 0 Å². The van der Waals surface area contributed by atoms with Crippen LogP contribution in [0.15, 0.2) is 10.5 Å². The second-order valence-electron chi connectivity index (χ2n) is 4.09. The summed E-state index contributed by atoms with van der Waals surface area (Å²) >= 11 is 0. The second-order valence-corrected chi connectivity index (χ2v) is 4.09. The average Bonchev–Trinajstić information content (AvgIpc) is 2.70. The van der Waals surface area contributed by atoms with E-state index in [2.05, 4.69) is 10.3 Å². The van der Waals surface area contributed by atoms with Gasteiger partial charge in [0, 0.05) is 18.7 Å². The van der Waals surface area contributed by atoms with Crippen LogP contribution in [-0.4, -0.2) is 37.1 Å². The van der Waals surface area contributed by atoms with Gasteiger partial charge < -0.3 is 9.15 Å². The highest BCUT2D eigenvalue weighted by molar-refractivity contribution is 5.92. The minimum absolute atomic E-state index is 0.288. The van der Waals surface area contributed by atoms with E-state index in [1.54, 1.807) is 0 Å². The molecule has 0 aliphatic carbocycles. The van der Waals surface area contributed by atoms with Crippen molar-refractivity contribution in [3.05, 3.63) is 23.2 Å². The summed E-state index contributed by atoms with van der Waals surface area (Å²) in [6.45, 7) is 5.79. The zero-order valence-corrected chi connectivity index (χ0v) is 9.86. The number of nitrogens with zero attached hydrogens (tertiary/aromatic N) is 1. The van der Waals surface area contributed by atoms with Gasteiger partial charge in [-0.1, -0.05) is 0 Å². The highest BCUT2D eigenvalue weighted by atomic mass is 16.5. The number of furan rings is 1. The van der Waals surface area contributed by atoms with Crippen LogP contribution in [0.5, 0.6) is 0 Å². The third kappa shape index (κ3) is 2.85. The number of rotatable bonds is 3. The molecule has 1 amide bonds. The standard InChI is InChI=1S/C11H17N3O3/c1-8-6-9(17-10(8)11(15)13-12)7-14-2-4-16-5-3-14/h6H,2-5,7,12H2,1H3,(H,13,15). The molecular formula is C11H17N3O3. The van der Waals surface area contributed by atoms with Gasteiger partial charge in [-0.15, -0.1) is 0 Å². The molecular weight excluding hydrogens is 222 g/mol. The Balaban J connectivity index is 2.03. The Bertz CT molecular complexity index is 397. The summed E-state index contributed by atoms with van der Waals surface area (Å²) in [4.78, 5) is 13.6. The molecule has 2 heterocycles. The topological polar surface area (TPSA) is 80.7 Å². The number of hydrazine groups is 1. The Labute approximate surface area is 99.7 Å². The first-order valence-electron chi connectivity index (χ1n) is 5.61. The van der Waals surface area contributed by atoms with E-state index in [1.165, 1.54) is 0 Å². The number of morpholine rings is 1. The molecule has 1 fully saturated rings. The Morgan fingerprint density at radius 1 is 1.53 bits per heavy atom. The molecule has 0 bridgehead atoms. The molecule has 6 heteroatoms. The van der Waals surface area contributed by atoms with Gasteiger partial charge in [-0.3, -0.25) is 15.1 Å². The van der Waals surface area contributed by atoms with Crippen LogP contribution in [-0.2, 0) is 11.3 Å². The maximum Gasteiger partial charge on any atom is 0.301 e. The fraction of sp³-hybridized carbons (Fsp3) is 0.545. The van der Waals surface area contributed by atoms with Crippen LogP contribution >= 0.6 is 0 Å². The molecule has 1 aromatic rings. The minimum atomic E-state index is -0.393. The number of nitrogen functional groups attached to an aromatic ring is 1. The van der Waals surface area contributed by atoms with E-state index in [0.29, 0.717) is 6.54 Å². The summed E-state index contributed by atoms with van der Waals surface area (Å²) in [7, 11) is 0. The number of nitrogens with one attached hydrogen (secondary N) is 1. The van der Waals surface area contributed by atoms with Crippen LogP contribution in [0.25, 0.3) is 0 Å². The molecule has 0 unspecified atom stereocenters. The molecule has 0 radical (unpaired) electrons. The van der Waals surface area contributed by atoms with Crippen molar-refractivity contribution in [2.75, 3.05) is 26.3 Å². The molecule has 6 nitrogen and oxygen atoms in total. The smallest absolute Gasteiger partial charge is 0.301 e. The van der Waals surface area contributed by atoms with Crippen molar-refractivity contribution in [3.63, 3.8) is 0 Å². The monoisotopic (exact) mass is 239 g/mol. The highest BCUT2D eigenvalue weighted by Crippen LogP contribution is 2.16. The number of hydrogen-bond donors (Lipinski definition) is 2. The minimum Gasteiger partial charge on any atom is -0.454 e. The zero-order valence-electron chi connectivity index (χ0n) is 9.86. The van der Waals surface area contributed by atoms with Crippen molar-refractivity contribution >= 4 is 5.91 Å². The average molecular weight is 239 g/mol. The summed E-state index contributed by atoms with van der Waals surface area (Å²) in [6, 6.07) is 1.88. The largest absolute Gasteiger partial charge is 0.454 e. The maximum atomic E-state index is 11.4. The lowest BCUT2D eigenvalue weighted by Gasteiger charge is -2.25. The Kier molecular flexibility index (Phi) is 3.78. The van der Waals surface area contributed by atoms with Crippen molar-refractivity contribution in [2.24, 2.45) is 5.84 Å². The lowest BCUT2D eigenvalue weighted by molar-refractivity contribution is 0.0311. The van der Waals surface area contributed by atoms with Crippen LogP contribution in [0.2, 0.25) is 0 Å². The molecule has 0 saturated carbocycles. The number of aryl methyl sites for hydroxylation is 1. The lowest BCUT2D eigenvalue weighted by Crippen LogP contribution is -2.35. The van der Waals surface area contributed by atoms with Crippen LogP contribution in [0.1, 0.15) is 21.9 Å². The van der Waals surface area contributed by atoms with E-state index in [9.17, 15) is 4.79 Å². The zero-order chi connectivity index (χ0) is 12.3. The predicted octanol–water partition coefficient (Wildman–Crippen LogP) is 0.0237. The Morgan fingerprint density at radius 2 is 2.24 bits per heavy atom. The van der Waals surface area contributed by atoms with Gasteiger partial charge in [0.05, 0.1) is 19.8 Å². The van der Waals surface area contributed by atoms with Gasteiger partial charge in [0.1, 0.15) is 5.76 Å². The van der Waals surface area contributed by atoms with Crippen molar-refractivity contribution in [1.29, 1.82) is 0 Å². The fourth-order valence-corrected chi connectivity index (χ4v) is 1.90. The third-order valence-electron chi connectivity index (χ3n) is 2.79. The van der Waals surface area contributed by atoms with Crippen LogP contribution in [0.3, 0.4) is 0 Å². The fourth-order valence-electron chi connectivity index (χ4n) is 1.90. The molecule has 1 aliphatic rings. The normalized spacial score (nSPS) is 17.1. The number of carbonyl (C=O) groups is 1. The predicted molar refractivity (Wildman–Crippen MR) is 61.2 cm³/mol. The number of ether oxygens (including phenoxy) is 1. The number of amides is 1. The first-order chi connectivity index (χ1) is 8.20. The molecule has 17 heavy (non-hydrogen) atoms. The van der Waals surface area contributed by atoms with Crippen LogP contribution in [0, 0.1) is 6.92 Å². The number of nitrogens with two attached hydrogens (primary N) is 1. The first-order valence-corrected chi connectivity index (χ1v) is 5.61. The maximum absolute atomic E-state index is 11.4. The van der Waals surface area contributed by atoms with Gasteiger partial charge in [-0.2, -0.15) is 0 Å². The second kappa shape index (κ2) is 5.31. The van der Waals surface area contributed by atoms with E-state index in [4.69, 9.17) is 15.0 Å². The molecule has 0 spiro atoms. The van der Waals surface area contributed by atoms with Crippen LogP contribution in [0.4, 0.5) is 0 Å². The Hall–Kier alpha value is -1.37. The molecule has 1 saturated heterocycles. The van der Waals surface area contributed by atoms with Crippen molar-refractivity contribution in [1.82, 2.24) is 10.3 Å². The quantitative estimate of drug-likeness (QED) is 0.441. The first kappa shape index (κ1) is 12.1. The van der Waals surface area contributed by atoms with Gasteiger partial charge in [0.15, 0.2) is 5.76 Å². The molecule has 0 aromatic carbocycles. The van der Waals surface area contributed by atoms with Crippen molar-refractivity contribution in [2.45, 2.75) is 13.5 Å². The molecule has 3 N–H and O–H groups in total. The van der Waals surface area contributed by atoms with E-state index >= 15 is 0 Å². The van der Waals surface area contributed by atoms with Crippen LogP contribution < -0.4 is 11.3 Å². The molecule has 2 rings (SSSR count). The lowest BCUT2D eigenvalue weighted by atomic mass is 10.2.